The lowest BCUT2D eigenvalue weighted by atomic mass is 10.1. The third-order valence-electron chi connectivity index (χ3n) is 3.44. The van der Waals surface area contributed by atoms with E-state index in [1.54, 1.807) is 7.11 Å². The van der Waals surface area contributed by atoms with Gasteiger partial charge in [0.2, 0.25) is 0 Å². The van der Waals surface area contributed by atoms with E-state index in [-0.39, 0.29) is 0 Å². The molecule has 1 heterocycles. The Morgan fingerprint density at radius 1 is 1.37 bits per heavy atom. The van der Waals surface area contributed by atoms with E-state index in [1.807, 2.05) is 12.1 Å². The molecule has 0 amide bonds. The van der Waals surface area contributed by atoms with Gasteiger partial charge in [-0.2, -0.15) is 0 Å². The molecule has 0 radical (unpaired) electrons. The van der Waals surface area contributed by atoms with E-state index in [1.165, 1.54) is 5.52 Å². The van der Waals surface area contributed by atoms with Gasteiger partial charge in [0, 0.05) is 25.1 Å². The number of imidazole rings is 1. The molecule has 4 nitrogen and oxygen atoms in total. The van der Waals surface area contributed by atoms with Crippen molar-refractivity contribution < 1.29 is 4.74 Å². The van der Waals surface area contributed by atoms with Gasteiger partial charge in [0.1, 0.15) is 11.6 Å². The summed E-state index contributed by atoms with van der Waals surface area (Å²) in [6, 6.07) is 6.09. The van der Waals surface area contributed by atoms with Gasteiger partial charge in [-0.1, -0.05) is 13.8 Å². The number of likely N-dealkylation sites (N-methyl/N-ethyl adjacent to an activating group) is 1. The van der Waals surface area contributed by atoms with Crippen molar-refractivity contribution in [3.63, 3.8) is 0 Å². The minimum Gasteiger partial charge on any atom is -0.497 e. The number of methoxy groups -OCH3 is 1. The molecule has 1 unspecified atom stereocenters. The SMILES string of the molecule is CCNCC(C)c1nc2cc(OC)ccc2n1CC. The normalized spacial score (nSPS) is 12.8. The third-order valence-corrected chi connectivity index (χ3v) is 3.44. The summed E-state index contributed by atoms with van der Waals surface area (Å²) in [6.07, 6.45) is 0. The highest BCUT2D eigenvalue weighted by Crippen LogP contribution is 2.25. The van der Waals surface area contributed by atoms with Crippen LogP contribution in [0.4, 0.5) is 0 Å². The highest BCUT2D eigenvalue weighted by Gasteiger charge is 2.15. The zero-order valence-corrected chi connectivity index (χ0v) is 12.2. The van der Waals surface area contributed by atoms with Gasteiger partial charge >= 0.3 is 0 Å². The lowest BCUT2D eigenvalue weighted by molar-refractivity contribution is 0.415. The number of hydrogen-bond acceptors (Lipinski definition) is 3. The minimum absolute atomic E-state index is 0.401. The number of aromatic nitrogens is 2. The van der Waals surface area contributed by atoms with Gasteiger partial charge in [-0.25, -0.2) is 4.98 Å². The zero-order valence-electron chi connectivity index (χ0n) is 12.2. The summed E-state index contributed by atoms with van der Waals surface area (Å²) in [5.41, 5.74) is 2.20. The summed E-state index contributed by atoms with van der Waals surface area (Å²) >= 11 is 0. The number of benzene rings is 1. The third kappa shape index (κ3) is 2.73. The van der Waals surface area contributed by atoms with E-state index in [0.29, 0.717) is 5.92 Å². The Bertz CT molecular complexity index is 548. The van der Waals surface area contributed by atoms with Crippen LogP contribution in [0.1, 0.15) is 32.5 Å². The standard InChI is InChI=1S/C15H23N3O/c1-5-16-10-11(3)15-17-13-9-12(19-4)7-8-14(13)18(15)6-2/h7-9,11,16H,5-6,10H2,1-4H3. The highest BCUT2D eigenvalue weighted by atomic mass is 16.5. The van der Waals surface area contributed by atoms with Crippen LogP contribution in [0, 0.1) is 0 Å². The Kier molecular flexibility index (Phi) is 4.43. The van der Waals surface area contributed by atoms with Crippen molar-refractivity contribution in [3.05, 3.63) is 24.0 Å². The summed E-state index contributed by atoms with van der Waals surface area (Å²) in [5.74, 6) is 2.41. The molecule has 4 heteroatoms. The fourth-order valence-electron chi connectivity index (χ4n) is 2.42. The maximum Gasteiger partial charge on any atom is 0.121 e. The Balaban J connectivity index is 2.42. The maximum absolute atomic E-state index is 5.27. The summed E-state index contributed by atoms with van der Waals surface area (Å²) in [7, 11) is 1.69. The Hall–Kier alpha value is -1.55. The predicted molar refractivity (Wildman–Crippen MR) is 78.9 cm³/mol. The fraction of sp³-hybridized carbons (Fsp3) is 0.533. The van der Waals surface area contributed by atoms with Crippen molar-refractivity contribution in [2.45, 2.75) is 33.2 Å². The van der Waals surface area contributed by atoms with Crippen molar-refractivity contribution in [2.24, 2.45) is 0 Å². The molecule has 0 aliphatic carbocycles. The molecule has 0 spiro atoms. The van der Waals surface area contributed by atoms with E-state index in [4.69, 9.17) is 9.72 Å². The van der Waals surface area contributed by atoms with Crippen LogP contribution in [-0.2, 0) is 6.54 Å². The van der Waals surface area contributed by atoms with Gasteiger partial charge in [-0.3, -0.25) is 0 Å². The number of nitrogens with one attached hydrogen (secondary N) is 1. The number of rotatable bonds is 6. The molecule has 0 aliphatic rings. The summed E-state index contributed by atoms with van der Waals surface area (Å²) < 4.78 is 7.56. The Morgan fingerprint density at radius 3 is 2.79 bits per heavy atom. The van der Waals surface area contributed by atoms with E-state index in [2.05, 4.69) is 36.7 Å². The molecule has 0 saturated heterocycles. The molecule has 104 valence electrons. The molecular weight excluding hydrogens is 238 g/mol. The predicted octanol–water partition coefficient (Wildman–Crippen LogP) is 2.78. The van der Waals surface area contributed by atoms with E-state index in [9.17, 15) is 0 Å². The van der Waals surface area contributed by atoms with E-state index >= 15 is 0 Å². The largest absolute Gasteiger partial charge is 0.497 e. The molecule has 0 aliphatic heterocycles. The number of fused-ring (bicyclic) bond motifs is 1. The van der Waals surface area contributed by atoms with Crippen LogP contribution in [0.2, 0.25) is 0 Å². The fourth-order valence-corrected chi connectivity index (χ4v) is 2.42. The molecule has 1 N–H and O–H groups in total. The number of ether oxygens (including phenoxy) is 1. The molecule has 2 rings (SSSR count). The first-order chi connectivity index (χ1) is 9.21. The minimum atomic E-state index is 0.401. The summed E-state index contributed by atoms with van der Waals surface area (Å²) in [6.45, 7) is 9.39. The maximum atomic E-state index is 5.27. The smallest absolute Gasteiger partial charge is 0.121 e. The van der Waals surface area contributed by atoms with Gasteiger partial charge in [0.15, 0.2) is 0 Å². The second kappa shape index (κ2) is 6.06. The van der Waals surface area contributed by atoms with Crippen LogP contribution in [0.25, 0.3) is 11.0 Å². The lowest BCUT2D eigenvalue weighted by Gasteiger charge is -2.13. The number of hydrogen-bond donors (Lipinski definition) is 1. The van der Waals surface area contributed by atoms with Crippen molar-refractivity contribution in [1.29, 1.82) is 0 Å². The molecular formula is C15H23N3O. The van der Waals surface area contributed by atoms with E-state index in [0.717, 1.165) is 36.7 Å². The second-order valence-corrected chi connectivity index (χ2v) is 4.78. The van der Waals surface area contributed by atoms with Crippen LogP contribution in [0.5, 0.6) is 5.75 Å². The molecule has 1 aromatic carbocycles. The van der Waals surface area contributed by atoms with Gasteiger partial charge in [0.25, 0.3) is 0 Å². The van der Waals surface area contributed by atoms with Gasteiger partial charge in [-0.05, 0) is 25.6 Å². The number of aryl methyl sites for hydroxylation is 1. The highest BCUT2D eigenvalue weighted by molar-refractivity contribution is 5.78. The molecule has 1 aromatic heterocycles. The molecule has 2 aromatic rings. The zero-order chi connectivity index (χ0) is 13.8. The first-order valence-corrected chi connectivity index (χ1v) is 6.96. The Morgan fingerprint density at radius 2 is 2.16 bits per heavy atom. The second-order valence-electron chi connectivity index (χ2n) is 4.78. The molecule has 19 heavy (non-hydrogen) atoms. The van der Waals surface area contributed by atoms with Gasteiger partial charge in [-0.15, -0.1) is 0 Å². The van der Waals surface area contributed by atoms with Gasteiger partial charge < -0.3 is 14.6 Å². The van der Waals surface area contributed by atoms with Crippen molar-refractivity contribution in [3.8, 4) is 5.75 Å². The van der Waals surface area contributed by atoms with Crippen LogP contribution in [-0.4, -0.2) is 29.8 Å². The molecule has 0 bridgehead atoms. The summed E-state index contributed by atoms with van der Waals surface area (Å²) in [4.78, 5) is 4.79. The Labute approximate surface area is 114 Å². The monoisotopic (exact) mass is 261 g/mol. The molecule has 0 saturated carbocycles. The average molecular weight is 261 g/mol. The lowest BCUT2D eigenvalue weighted by Crippen LogP contribution is -2.21. The van der Waals surface area contributed by atoms with Gasteiger partial charge in [0.05, 0.1) is 18.1 Å². The van der Waals surface area contributed by atoms with Crippen LogP contribution in [0.15, 0.2) is 18.2 Å². The van der Waals surface area contributed by atoms with E-state index < -0.39 is 0 Å². The molecule has 0 fully saturated rings. The van der Waals surface area contributed by atoms with Crippen LogP contribution in [0.3, 0.4) is 0 Å². The van der Waals surface area contributed by atoms with Crippen molar-refractivity contribution in [1.82, 2.24) is 14.9 Å². The molecule has 1 atom stereocenters. The topological polar surface area (TPSA) is 39.1 Å². The van der Waals surface area contributed by atoms with Crippen molar-refractivity contribution in [2.75, 3.05) is 20.2 Å². The first kappa shape index (κ1) is 13.9. The van der Waals surface area contributed by atoms with Crippen LogP contribution < -0.4 is 10.1 Å². The average Bonchev–Trinajstić information content (AvgIpc) is 2.81. The number of nitrogens with zero attached hydrogens (tertiary/aromatic N) is 2. The summed E-state index contributed by atoms with van der Waals surface area (Å²) in [5, 5.41) is 3.39. The quantitative estimate of drug-likeness (QED) is 0.869. The van der Waals surface area contributed by atoms with Crippen LogP contribution >= 0.6 is 0 Å². The van der Waals surface area contributed by atoms with Crippen molar-refractivity contribution >= 4 is 11.0 Å². The first-order valence-electron chi connectivity index (χ1n) is 6.96.